The lowest BCUT2D eigenvalue weighted by molar-refractivity contribution is 0.424. The van der Waals surface area contributed by atoms with E-state index in [-0.39, 0.29) is 16.5 Å². The lowest BCUT2D eigenvalue weighted by Crippen LogP contribution is -2.06. The zero-order valence-electron chi connectivity index (χ0n) is 12.2. The molecule has 2 aromatic carbocycles. The maximum Gasteiger partial charge on any atom is 0.257 e. The highest BCUT2D eigenvalue weighted by Gasteiger charge is 2.19. The van der Waals surface area contributed by atoms with Crippen molar-refractivity contribution in [2.75, 3.05) is 0 Å². The van der Waals surface area contributed by atoms with Crippen LogP contribution in [0, 0.1) is 6.92 Å². The molecule has 3 rings (SSSR count). The topological polar surface area (TPSA) is 73.1 Å². The van der Waals surface area contributed by atoms with Crippen LogP contribution in [0.3, 0.4) is 0 Å². The number of halogens is 1. The van der Waals surface area contributed by atoms with Crippen molar-refractivity contribution in [1.29, 1.82) is 0 Å². The van der Waals surface area contributed by atoms with Crippen molar-refractivity contribution < 1.29 is 12.9 Å². The quantitative estimate of drug-likeness (QED) is 0.675. The van der Waals surface area contributed by atoms with Crippen molar-refractivity contribution in [2.45, 2.75) is 17.6 Å². The number of aryl methyl sites for hydroxylation is 1. The second-order valence-corrected chi connectivity index (χ2v) is 8.00. The molecule has 1 heterocycles. The fraction of sp³-hybridized carbons (Fsp3) is 0.125. The van der Waals surface area contributed by atoms with E-state index >= 15 is 0 Å². The van der Waals surface area contributed by atoms with Gasteiger partial charge in [-0.25, -0.2) is 8.42 Å². The Bertz CT molecular complexity index is 917. The second-order valence-electron chi connectivity index (χ2n) is 5.09. The molecule has 0 fully saturated rings. The molecule has 23 heavy (non-hydrogen) atoms. The monoisotopic (exact) mass is 392 g/mol. The van der Waals surface area contributed by atoms with Crippen LogP contribution in [-0.4, -0.2) is 18.6 Å². The van der Waals surface area contributed by atoms with Crippen molar-refractivity contribution in [2.24, 2.45) is 0 Å². The Labute approximate surface area is 142 Å². The molecule has 1 aromatic heterocycles. The van der Waals surface area contributed by atoms with E-state index in [1.807, 2.05) is 31.2 Å². The van der Waals surface area contributed by atoms with Gasteiger partial charge in [0, 0.05) is 10.0 Å². The minimum atomic E-state index is -3.50. The molecule has 0 aliphatic rings. The summed E-state index contributed by atoms with van der Waals surface area (Å²) in [5.74, 6) is 0.144. The van der Waals surface area contributed by atoms with Gasteiger partial charge in [-0.1, -0.05) is 38.8 Å². The Morgan fingerprint density at radius 1 is 1.04 bits per heavy atom. The summed E-state index contributed by atoms with van der Waals surface area (Å²) < 4.78 is 30.8. The minimum absolute atomic E-state index is 0.142. The number of benzene rings is 2. The third kappa shape index (κ3) is 3.68. The molecule has 3 aromatic rings. The summed E-state index contributed by atoms with van der Waals surface area (Å²) in [7, 11) is -3.50. The third-order valence-electron chi connectivity index (χ3n) is 3.26. The van der Waals surface area contributed by atoms with Gasteiger partial charge in [-0.2, -0.15) is 4.98 Å². The molecule has 0 saturated carbocycles. The standard InChI is InChI=1S/C16H13BrN2O3S/c1-11-2-8-14(9-3-11)23(20,21)10-15-18-16(22-19-15)12-4-6-13(17)7-5-12/h2-9H,10H2,1H3. The van der Waals surface area contributed by atoms with Crippen LogP contribution in [0.5, 0.6) is 0 Å². The smallest absolute Gasteiger partial charge is 0.257 e. The molecule has 0 amide bonds. The van der Waals surface area contributed by atoms with Crippen molar-refractivity contribution in [1.82, 2.24) is 10.1 Å². The number of nitrogens with zero attached hydrogens (tertiary/aromatic N) is 2. The van der Waals surface area contributed by atoms with Crippen LogP contribution in [0.2, 0.25) is 0 Å². The van der Waals surface area contributed by atoms with Gasteiger partial charge in [-0.3, -0.25) is 0 Å². The average molecular weight is 393 g/mol. The highest BCUT2D eigenvalue weighted by atomic mass is 79.9. The molecule has 0 aliphatic heterocycles. The summed E-state index contributed by atoms with van der Waals surface area (Å²) in [5, 5.41) is 3.77. The summed E-state index contributed by atoms with van der Waals surface area (Å²) >= 11 is 3.35. The summed E-state index contributed by atoms with van der Waals surface area (Å²) in [6.45, 7) is 1.90. The predicted molar refractivity (Wildman–Crippen MR) is 89.5 cm³/mol. The maximum absolute atomic E-state index is 12.4. The van der Waals surface area contributed by atoms with E-state index in [1.165, 1.54) is 0 Å². The van der Waals surface area contributed by atoms with Gasteiger partial charge in [0.1, 0.15) is 5.75 Å². The van der Waals surface area contributed by atoms with Crippen molar-refractivity contribution in [3.05, 3.63) is 64.4 Å². The Balaban J connectivity index is 1.83. The first-order valence-corrected chi connectivity index (χ1v) is 9.26. The van der Waals surface area contributed by atoms with Gasteiger partial charge >= 0.3 is 0 Å². The molecule has 0 spiro atoms. The number of rotatable bonds is 4. The zero-order chi connectivity index (χ0) is 16.4. The first kappa shape index (κ1) is 15.9. The Hall–Kier alpha value is -1.99. The van der Waals surface area contributed by atoms with E-state index in [9.17, 15) is 8.42 Å². The molecule has 0 aliphatic carbocycles. The van der Waals surface area contributed by atoms with E-state index in [2.05, 4.69) is 26.1 Å². The molecule has 118 valence electrons. The first-order valence-electron chi connectivity index (χ1n) is 6.82. The van der Waals surface area contributed by atoms with E-state index in [0.29, 0.717) is 5.89 Å². The number of sulfone groups is 1. The molecule has 7 heteroatoms. The van der Waals surface area contributed by atoms with Gasteiger partial charge in [0.2, 0.25) is 0 Å². The summed E-state index contributed by atoms with van der Waals surface area (Å²) in [4.78, 5) is 4.41. The van der Waals surface area contributed by atoms with Gasteiger partial charge in [0.05, 0.1) is 4.90 Å². The van der Waals surface area contributed by atoms with Crippen LogP contribution in [0.15, 0.2) is 62.4 Å². The van der Waals surface area contributed by atoms with Crippen LogP contribution in [0.25, 0.3) is 11.5 Å². The number of hydrogen-bond acceptors (Lipinski definition) is 5. The molecule has 5 nitrogen and oxygen atoms in total. The molecule has 0 unspecified atom stereocenters. The molecule has 0 saturated heterocycles. The fourth-order valence-corrected chi connectivity index (χ4v) is 3.46. The van der Waals surface area contributed by atoms with Crippen LogP contribution < -0.4 is 0 Å². The SMILES string of the molecule is Cc1ccc(S(=O)(=O)Cc2noc(-c3ccc(Br)cc3)n2)cc1. The van der Waals surface area contributed by atoms with Gasteiger partial charge in [-0.15, -0.1) is 0 Å². The van der Waals surface area contributed by atoms with Crippen LogP contribution in [0.4, 0.5) is 0 Å². The van der Waals surface area contributed by atoms with Gasteiger partial charge < -0.3 is 4.52 Å². The Morgan fingerprint density at radius 3 is 2.35 bits per heavy atom. The summed E-state index contributed by atoms with van der Waals surface area (Å²) in [6, 6.07) is 14.0. The van der Waals surface area contributed by atoms with E-state index in [4.69, 9.17) is 4.52 Å². The van der Waals surface area contributed by atoms with Crippen LogP contribution in [0.1, 0.15) is 11.4 Å². The number of aromatic nitrogens is 2. The second kappa shape index (κ2) is 6.25. The maximum atomic E-state index is 12.4. The lowest BCUT2D eigenvalue weighted by atomic mass is 10.2. The number of hydrogen-bond donors (Lipinski definition) is 0. The highest BCUT2D eigenvalue weighted by molar-refractivity contribution is 9.10. The fourth-order valence-electron chi connectivity index (χ4n) is 2.02. The van der Waals surface area contributed by atoms with E-state index in [1.54, 1.807) is 24.3 Å². The highest BCUT2D eigenvalue weighted by Crippen LogP contribution is 2.21. The van der Waals surface area contributed by atoms with Crippen molar-refractivity contribution >= 4 is 25.8 Å². The predicted octanol–water partition coefficient (Wildman–Crippen LogP) is 3.78. The third-order valence-corrected chi connectivity index (χ3v) is 5.42. The van der Waals surface area contributed by atoms with Gasteiger partial charge in [0.25, 0.3) is 5.89 Å². The average Bonchev–Trinajstić information content (AvgIpc) is 2.96. The molecular formula is C16H13BrN2O3S. The zero-order valence-corrected chi connectivity index (χ0v) is 14.6. The van der Waals surface area contributed by atoms with Crippen LogP contribution in [-0.2, 0) is 15.6 Å². The summed E-state index contributed by atoms with van der Waals surface area (Å²) in [5.41, 5.74) is 1.74. The van der Waals surface area contributed by atoms with Gasteiger partial charge in [0.15, 0.2) is 15.7 Å². The summed E-state index contributed by atoms with van der Waals surface area (Å²) in [6.07, 6.45) is 0. The first-order chi connectivity index (χ1) is 10.9. The van der Waals surface area contributed by atoms with E-state index in [0.717, 1.165) is 15.6 Å². The molecule has 0 N–H and O–H groups in total. The van der Waals surface area contributed by atoms with E-state index < -0.39 is 9.84 Å². The van der Waals surface area contributed by atoms with Crippen molar-refractivity contribution in [3.8, 4) is 11.5 Å². The molecular weight excluding hydrogens is 380 g/mol. The lowest BCUT2D eigenvalue weighted by Gasteiger charge is -2.01. The minimum Gasteiger partial charge on any atom is -0.334 e. The molecule has 0 atom stereocenters. The molecule has 0 radical (unpaired) electrons. The van der Waals surface area contributed by atoms with Crippen molar-refractivity contribution in [3.63, 3.8) is 0 Å². The normalized spacial score (nSPS) is 11.6. The van der Waals surface area contributed by atoms with Crippen LogP contribution >= 0.6 is 15.9 Å². The Kier molecular flexibility index (Phi) is 4.32. The van der Waals surface area contributed by atoms with Gasteiger partial charge in [-0.05, 0) is 43.3 Å². The molecule has 0 bridgehead atoms. The Morgan fingerprint density at radius 2 is 1.70 bits per heavy atom. The largest absolute Gasteiger partial charge is 0.334 e.